The first-order chi connectivity index (χ1) is 5.22. The first-order valence-electron chi connectivity index (χ1n) is 2.93. The van der Waals surface area contributed by atoms with E-state index in [-0.39, 0.29) is 24.5 Å². The van der Waals surface area contributed by atoms with Crippen molar-refractivity contribution in [2.45, 2.75) is 0 Å². The molecule has 0 saturated carbocycles. The Hall–Kier alpha value is -1.63. The molecule has 0 spiro atoms. The molecular weight excluding hydrogens is 146 g/mol. The van der Waals surface area contributed by atoms with Gasteiger partial charge in [0.15, 0.2) is 0 Å². The van der Waals surface area contributed by atoms with Crippen LogP contribution in [0.25, 0.3) is 0 Å². The van der Waals surface area contributed by atoms with Gasteiger partial charge >= 0.3 is 0 Å². The zero-order chi connectivity index (χ0) is 8.27. The fourth-order valence-electron chi connectivity index (χ4n) is 0.580. The molecule has 1 heterocycles. The Labute approximate surface area is 63.0 Å². The number of hydrogen-bond acceptors (Lipinski definition) is 7. The van der Waals surface area contributed by atoms with Gasteiger partial charge in [0, 0.05) is 0 Å². The molecule has 0 aliphatic rings. The molecule has 0 bridgehead atoms. The first kappa shape index (κ1) is 7.48. The van der Waals surface area contributed by atoms with Gasteiger partial charge in [-0.2, -0.15) is 15.0 Å². The van der Waals surface area contributed by atoms with E-state index in [9.17, 15) is 0 Å². The maximum absolute atomic E-state index is 5.27. The lowest BCUT2D eigenvalue weighted by atomic mass is 10.8. The fourth-order valence-corrected chi connectivity index (χ4v) is 0.580. The maximum atomic E-state index is 5.27. The van der Waals surface area contributed by atoms with E-state index < -0.39 is 0 Å². The van der Waals surface area contributed by atoms with Crippen molar-refractivity contribution < 1.29 is 0 Å². The molecule has 7 N–H and O–H groups in total. The monoisotopic (exact) mass is 155 g/mol. The highest BCUT2D eigenvalue weighted by atomic mass is 15.2. The van der Waals surface area contributed by atoms with Gasteiger partial charge in [-0.1, -0.05) is 0 Å². The zero-order valence-electron chi connectivity index (χ0n) is 5.78. The van der Waals surface area contributed by atoms with Crippen molar-refractivity contribution in [3.8, 4) is 0 Å². The lowest BCUT2D eigenvalue weighted by molar-refractivity contribution is 1.02. The van der Waals surface area contributed by atoms with Crippen molar-refractivity contribution in [1.82, 2.24) is 15.0 Å². The van der Waals surface area contributed by atoms with Crippen LogP contribution in [-0.2, 0) is 0 Å². The Morgan fingerprint density at radius 2 is 1.64 bits per heavy atom. The van der Waals surface area contributed by atoms with Crippen LogP contribution in [0.1, 0.15) is 0 Å². The quantitative estimate of drug-likeness (QED) is 0.377. The number of nitrogen functional groups attached to an aromatic ring is 2. The summed E-state index contributed by atoms with van der Waals surface area (Å²) in [5.41, 5.74) is 15.7. The van der Waals surface area contributed by atoms with Crippen molar-refractivity contribution in [3.63, 3.8) is 0 Å². The molecule has 0 aliphatic heterocycles. The SMILES string of the molecule is NCNc1nc(N)nc(N)n1. The van der Waals surface area contributed by atoms with Gasteiger partial charge in [0.2, 0.25) is 17.8 Å². The minimum Gasteiger partial charge on any atom is -0.368 e. The van der Waals surface area contributed by atoms with Gasteiger partial charge in [-0.05, 0) is 0 Å². The minimum absolute atomic E-state index is 0.0773. The van der Waals surface area contributed by atoms with Crippen LogP contribution in [0, 0.1) is 0 Å². The Kier molecular flexibility index (Phi) is 2.02. The second-order valence-corrected chi connectivity index (χ2v) is 1.76. The summed E-state index contributed by atoms with van der Waals surface area (Å²) in [7, 11) is 0. The molecule has 7 nitrogen and oxygen atoms in total. The van der Waals surface area contributed by atoms with Gasteiger partial charge in [-0.25, -0.2) is 0 Å². The molecule has 1 aromatic heterocycles. The van der Waals surface area contributed by atoms with Gasteiger partial charge in [0.25, 0.3) is 0 Å². The van der Waals surface area contributed by atoms with Crippen LogP contribution in [0.15, 0.2) is 0 Å². The van der Waals surface area contributed by atoms with Crippen LogP contribution in [-0.4, -0.2) is 21.6 Å². The zero-order valence-corrected chi connectivity index (χ0v) is 5.78. The number of aromatic nitrogens is 3. The van der Waals surface area contributed by atoms with Gasteiger partial charge in [0.1, 0.15) is 0 Å². The third-order valence-corrected chi connectivity index (χ3v) is 0.930. The van der Waals surface area contributed by atoms with Crippen molar-refractivity contribution in [2.24, 2.45) is 5.73 Å². The van der Waals surface area contributed by atoms with Crippen LogP contribution < -0.4 is 22.5 Å². The standard InChI is InChI=1S/C4H9N7/c5-1-8-4-10-2(6)9-3(7)11-4/h1,5H2,(H5,6,7,8,9,10,11). The molecule has 0 aromatic carbocycles. The molecule has 60 valence electrons. The number of anilines is 3. The predicted octanol–water partition coefficient (Wildman–Crippen LogP) is -1.64. The van der Waals surface area contributed by atoms with E-state index in [0.717, 1.165) is 0 Å². The Balaban J connectivity index is 2.89. The summed E-state index contributed by atoms with van der Waals surface area (Å²) in [5.74, 6) is 0.444. The molecule has 0 aliphatic carbocycles. The van der Waals surface area contributed by atoms with Crippen molar-refractivity contribution in [3.05, 3.63) is 0 Å². The van der Waals surface area contributed by atoms with E-state index in [1.165, 1.54) is 0 Å². The summed E-state index contributed by atoms with van der Waals surface area (Å²) in [6, 6.07) is 0. The van der Waals surface area contributed by atoms with Crippen LogP contribution in [0.5, 0.6) is 0 Å². The van der Waals surface area contributed by atoms with Crippen molar-refractivity contribution in [2.75, 3.05) is 23.5 Å². The van der Waals surface area contributed by atoms with E-state index in [2.05, 4.69) is 20.3 Å². The van der Waals surface area contributed by atoms with E-state index in [4.69, 9.17) is 17.2 Å². The fraction of sp³-hybridized carbons (Fsp3) is 0.250. The molecule has 1 rings (SSSR count). The van der Waals surface area contributed by atoms with Gasteiger partial charge in [-0.3, -0.25) is 0 Å². The Morgan fingerprint density at radius 3 is 2.09 bits per heavy atom. The lowest BCUT2D eigenvalue weighted by Crippen LogP contribution is -2.15. The second-order valence-electron chi connectivity index (χ2n) is 1.76. The average molecular weight is 155 g/mol. The summed E-state index contributed by atoms with van der Waals surface area (Å²) in [6.07, 6.45) is 0. The molecular formula is C4H9N7. The molecule has 0 amide bonds. The summed E-state index contributed by atoms with van der Waals surface area (Å²) in [5, 5.41) is 2.64. The van der Waals surface area contributed by atoms with E-state index in [1.807, 2.05) is 0 Å². The first-order valence-corrected chi connectivity index (χ1v) is 2.93. The highest BCUT2D eigenvalue weighted by Crippen LogP contribution is 2.01. The summed E-state index contributed by atoms with van der Waals surface area (Å²) in [6.45, 7) is 0.225. The molecule has 7 heteroatoms. The van der Waals surface area contributed by atoms with Gasteiger partial charge in [0.05, 0.1) is 6.67 Å². The number of nitrogens with one attached hydrogen (secondary N) is 1. The highest BCUT2D eigenvalue weighted by molar-refractivity contribution is 5.36. The second kappa shape index (κ2) is 2.97. The van der Waals surface area contributed by atoms with Crippen molar-refractivity contribution >= 4 is 17.8 Å². The van der Waals surface area contributed by atoms with Crippen LogP contribution in [0.2, 0.25) is 0 Å². The lowest BCUT2D eigenvalue weighted by Gasteiger charge is -2.01. The Bertz CT molecular complexity index is 226. The molecule has 1 aromatic rings. The van der Waals surface area contributed by atoms with E-state index >= 15 is 0 Å². The Morgan fingerprint density at radius 1 is 1.09 bits per heavy atom. The number of rotatable bonds is 2. The predicted molar refractivity (Wildman–Crippen MR) is 41.3 cm³/mol. The molecule has 0 unspecified atom stereocenters. The average Bonchev–Trinajstić information content (AvgIpc) is 1.85. The molecule has 11 heavy (non-hydrogen) atoms. The third kappa shape index (κ3) is 1.90. The summed E-state index contributed by atoms with van der Waals surface area (Å²) in [4.78, 5) is 11.0. The number of hydrogen-bond donors (Lipinski definition) is 4. The highest BCUT2D eigenvalue weighted by Gasteiger charge is 1.98. The number of nitrogens with two attached hydrogens (primary N) is 3. The number of nitrogens with zero attached hydrogens (tertiary/aromatic N) is 3. The summed E-state index contributed by atoms with van der Waals surface area (Å²) >= 11 is 0. The van der Waals surface area contributed by atoms with Crippen LogP contribution in [0.4, 0.5) is 17.8 Å². The molecule has 0 radical (unpaired) electrons. The van der Waals surface area contributed by atoms with Crippen LogP contribution >= 0.6 is 0 Å². The van der Waals surface area contributed by atoms with Crippen molar-refractivity contribution in [1.29, 1.82) is 0 Å². The molecule has 0 atom stereocenters. The molecule has 0 fully saturated rings. The van der Waals surface area contributed by atoms with Crippen LogP contribution in [0.3, 0.4) is 0 Å². The maximum Gasteiger partial charge on any atom is 0.230 e. The topological polar surface area (TPSA) is 129 Å². The smallest absolute Gasteiger partial charge is 0.230 e. The van der Waals surface area contributed by atoms with E-state index in [1.54, 1.807) is 0 Å². The summed E-state index contributed by atoms with van der Waals surface area (Å²) < 4.78 is 0. The van der Waals surface area contributed by atoms with Gasteiger partial charge in [-0.15, -0.1) is 0 Å². The van der Waals surface area contributed by atoms with E-state index in [0.29, 0.717) is 0 Å². The third-order valence-electron chi connectivity index (χ3n) is 0.930. The normalized spacial score (nSPS) is 9.55. The largest absolute Gasteiger partial charge is 0.368 e. The minimum atomic E-state index is 0.0773. The van der Waals surface area contributed by atoms with Gasteiger partial charge < -0.3 is 22.5 Å². The molecule has 0 saturated heterocycles.